The molecule has 1 aliphatic rings. The van der Waals surface area contributed by atoms with Crippen molar-refractivity contribution in [3.63, 3.8) is 0 Å². The molecular weight excluding hydrogens is 566 g/mol. The molecule has 1 unspecified atom stereocenters. The van der Waals surface area contributed by atoms with Gasteiger partial charge in [-0.15, -0.1) is 0 Å². The van der Waals surface area contributed by atoms with Gasteiger partial charge in [0.05, 0.1) is 22.4 Å². The van der Waals surface area contributed by atoms with Crippen LogP contribution in [-0.2, 0) is 19.6 Å². The zero-order valence-corrected chi connectivity index (χ0v) is 22.2. The number of para-hydroxylation sites is 1. The third kappa shape index (κ3) is 6.20. The van der Waals surface area contributed by atoms with Crippen molar-refractivity contribution in [2.24, 2.45) is 0 Å². The van der Waals surface area contributed by atoms with Crippen molar-refractivity contribution in [1.82, 2.24) is 9.80 Å². The van der Waals surface area contributed by atoms with Crippen LogP contribution in [0.4, 0.5) is 5.69 Å². The van der Waals surface area contributed by atoms with Gasteiger partial charge in [-0.05, 0) is 55.5 Å². The summed E-state index contributed by atoms with van der Waals surface area (Å²) in [4.78, 5) is 41.4. The maximum absolute atomic E-state index is 12.9. The molecule has 194 valence electrons. The van der Waals surface area contributed by atoms with E-state index in [1.54, 1.807) is 41.3 Å². The topological polar surface area (TPSA) is 126 Å². The largest absolute Gasteiger partial charge is 0.459 e. The molecule has 0 bridgehead atoms. The molecule has 1 aliphatic heterocycles. The van der Waals surface area contributed by atoms with Crippen LogP contribution in [0.15, 0.2) is 80.7 Å². The molecule has 37 heavy (non-hydrogen) atoms. The first kappa shape index (κ1) is 26.4. The highest BCUT2D eigenvalue weighted by Gasteiger charge is 2.30. The number of rotatable bonds is 7. The minimum absolute atomic E-state index is 0.0205. The number of sulfonamides is 1. The maximum Gasteiger partial charge on any atom is 0.341 e. The van der Waals surface area contributed by atoms with Crippen molar-refractivity contribution >= 4 is 49.4 Å². The number of carbonyl (C=O) groups excluding carboxylic acids is 3. The highest BCUT2D eigenvalue weighted by atomic mass is 79.9. The average molecular weight is 590 g/mol. The third-order valence-electron chi connectivity index (χ3n) is 5.76. The lowest BCUT2D eigenvalue weighted by Gasteiger charge is -2.35. The molecule has 1 saturated heterocycles. The Morgan fingerprint density at radius 3 is 2.24 bits per heavy atom. The number of anilines is 1. The van der Waals surface area contributed by atoms with E-state index < -0.39 is 28.0 Å². The number of nitrogens with zero attached hydrogens (tertiary/aromatic N) is 2. The average Bonchev–Trinajstić information content (AvgIpc) is 3.43. The van der Waals surface area contributed by atoms with Gasteiger partial charge in [-0.2, -0.15) is 0 Å². The molecular formula is C25H24BrN3O7S. The number of halogens is 1. The van der Waals surface area contributed by atoms with Crippen molar-refractivity contribution in [2.75, 3.05) is 30.9 Å². The summed E-state index contributed by atoms with van der Waals surface area (Å²) in [7, 11) is -3.97. The minimum Gasteiger partial charge on any atom is -0.459 e. The number of hydrogen-bond donors (Lipinski definition) is 1. The number of nitrogens with one attached hydrogen (secondary N) is 1. The van der Waals surface area contributed by atoms with E-state index in [0.29, 0.717) is 13.1 Å². The summed E-state index contributed by atoms with van der Waals surface area (Å²) < 4.78 is 39.3. The summed E-state index contributed by atoms with van der Waals surface area (Å²) in [6.07, 6.45) is 0.309. The molecule has 0 spiro atoms. The van der Waals surface area contributed by atoms with Crippen molar-refractivity contribution in [2.45, 2.75) is 17.9 Å². The molecule has 1 fully saturated rings. The Morgan fingerprint density at radius 2 is 1.59 bits per heavy atom. The van der Waals surface area contributed by atoms with Gasteiger partial charge in [0.25, 0.3) is 21.8 Å². The number of carbonyl (C=O) groups is 3. The predicted octanol–water partition coefficient (Wildman–Crippen LogP) is 3.37. The normalized spacial score (nSPS) is 14.6. The van der Waals surface area contributed by atoms with Crippen LogP contribution in [0.25, 0.3) is 0 Å². The molecule has 1 N–H and O–H groups in total. The number of benzene rings is 2. The third-order valence-corrected chi connectivity index (χ3v) is 7.67. The summed E-state index contributed by atoms with van der Waals surface area (Å²) in [6, 6.07) is 15.2. The first-order chi connectivity index (χ1) is 17.7. The van der Waals surface area contributed by atoms with Gasteiger partial charge in [-0.3, -0.25) is 14.3 Å². The van der Waals surface area contributed by atoms with Gasteiger partial charge < -0.3 is 19.0 Å². The van der Waals surface area contributed by atoms with Gasteiger partial charge in [0.1, 0.15) is 0 Å². The van der Waals surface area contributed by atoms with Crippen LogP contribution >= 0.6 is 15.9 Å². The molecule has 10 nitrogen and oxygen atoms in total. The number of amides is 2. The van der Waals surface area contributed by atoms with Gasteiger partial charge in [0.15, 0.2) is 11.9 Å². The number of furan rings is 1. The first-order valence-corrected chi connectivity index (χ1v) is 13.6. The van der Waals surface area contributed by atoms with Crippen LogP contribution in [-0.4, -0.2) is 68.3 Å². The van der Waals surface area contributed by atoms with Crippen LogP contribution in [0, 0.1) is 0 Å². The summed E-state index contributed by atoms with van der Waals surface area (Å²) >= 11 is 3.26. The number of piperazine rings is 1. The molecule has 0 saturated carbocycles. The van der Waals surface area contributed by atoms with Crippen molar-refractivity contribution < 1.29 is 32.0 Å². The van der Waals surface area contributed by atoms with E-state index in [4.69, 9.17) is 9.15 Å². The predicted molar refractivity (Wildman–Crippen MR) is 137 cm³/mol. The van der Waals surface area contributed by atoms with E-state index in [-0.39, 0.29) is 40.9 Å². The highest BCUT2D eigenvalue weighted by molar-refractivity contribution is 9.10. The molecule has 2 amide bonds. The summed E-state index contributed by atoms with van der Waals surface area (Å²) in [5, 5.41) is 0. The molecule has 1 aromatic heterocycles. The fourth-order valence-corrected chi connectivity index (χ4v) is 5.13. The molecule has 0 aliphatic carbocycles. The molecule has 1 atom stereocenters. The van der Waals surface area contributed by atoms with E-state index in [1.807, 2.05) is 0 Å². The Bertz CT molecular complexity index is 1380. The molecule has 12 heteroatoms. The van der Waals surface area contributed by atoms with Crippen LogP contribution < -0.4 is 4.72 Å². The Hall–Kier alpha value is -3.64. The lowest BCUT2D eigenvalue weighted by molar-refractivity contribution is -0.141. The van der Waals surface area contributed by atoms with E-state index in [1.165, 1.54) is 42.4 Å². The van der Waals surface area contributed by atoms with Gasteiger partial charge in [-0.25, -0.2) is 13.2 Å². The standard InChI is InChI=1S/C25H24BrN3O7S/c1-17(23(30)28-12-14-29(15-13-28)24(31)22-7-4-16-35-22)36-25(32)20-5-2-3-6-21(20)27-37(33,34)19-10-8-18(26)9-11-19/h2-11,16-17,27H,12-15H2,1H3. The van der Waals surface area contributed by atoms with Crippen molar-refractivity contribution in [3.05, 3.63) is 82.7 Å². The SMILES string of the molecule is CC(OC(=O)c1ccccc1NS(=O)(=O)c1ccc(Br)cc1)C(=O)N1CCN(C(=O)c2ccco2)CC1. The van der Waals surface area contributed by atoms with Crippen LogP contribution in [0.5, 0.6) is 0 Å². The second-order valence-electron chi connectivity index (χ2n) is 8.25. The van der Waals surface area contributed by atoms with Gasteiger partial charge in [0, 0.05) is 30.7 Å². The fourth-order valence-electron chi connectivity index (χ4n) is 3.79. The zero-order valence-electron chi connectivity index (χ0n) is 19.8. The van der Waals surface area contributed by atoms with Gasteiger partial charge in [-0.1, -0.05) is 28.1 Å². The Morgan fingerprint density at radius 1 is 0.946 bits per heavy atom. The van der Waals surface area contributed by atoms with Crippen LogP contribution in [0.3, 0.4) is 0 Å². The maximum atomic E-state index is 12.9. The molecule has 4 rings (SSSR count). The zero-order chi connectivity index (χ0) is 26.6. The Balaban J connectivity index is 1.38. The molecule has 3 aromatic rings. The summed E-state index contributed by atoms with van der Waals surface area (Å²) in [5.41, 5.74) is -0.00294. The van der Waals surface area contributed by atoms with E-state index in [2.05, 4.69) is 20.7 Å². The second kappa shape index (κ2) is 11.2. The number of hydrogen-bond acceptors (Lipinski definition) is 7. The van der Waals surface area contributed by atoms with E-state index in [0.717, 1.165) is 4.47 Å². The van der Waals surface area contributed by atoms with Crippen molar-refractivity contribution in [3.8, 4) is 0 Å². The summed E-state index contributed by atoms with van der Waals surface area (Å²) in [5.74, 6) is -1.27. The fraction of sp³-hybridized carbons (Fsp3) is 0.240. The lowest BCUT2D eigenvalue weighted by Crippen LogP contribution is -2.53. The van der Waals surface area contributed by atoms with Crippen molar-refractivity contribution in [1.29, 1.82) is 0 Å². The van der Waals surface area contributed by atoms with E-state index >= 15 is 0 Å². The quantitative estimate of drug-likeness (QED) is 0.418. The molecule has 2 heterocycles. The lowest BCUT2D eigenvalue weighted by atomic mass is 10.2. The van der Waals surface area contributed by atoms with Crippen LogP contribution in [0.1, 0.15) is 27.8 Å². The van der Waals surface area contributed by atoms with Gasteiger partial charge >= 0.3 is 5.97 Å². The van der Waals surface area contributed by atoms with Crippen LogP contribution in [0.2, 0.25) is 0 Å². The highest BCUT2D eigenvalue weighted by Crippen LogP contribution is 2.23. The number of ether oxygens (including phenoxy) is 1. The summed E-state index contributed by atoms with van der Waals surface area (Å²) in [6.45, 7) is 2.63. The van der Waals surface area contributed by atoms with Gasteiger partial charge in [0.2, 0.25) is 0 Å². The molecule has 2 aromatic carbocycles. The number of esters is 1. The van der Waals surface area contributed by atoms with E-state index in [9.17, 15) is 22.8 Å². The first-order valence-electron chi connectivity index (χ1n) is 11.4. The smallest absolute Gasteiger partial charge is 0.341 e. The monoisotopic (exact) mass is 589 g/mol. The minimum atomic E-state index is -3.97. The Labute approximate surface area is 222 Å². The second-order valence-corrected chi connectivity index (χ2v) is 10.8. The Kier molecular flexibility index (Phi) is 7.98. The molecule has 0 radical (unpaired) electrons.